The van der Waals surface area contributed by atoms with Crippen LogP contribution in [0.2, 0.25) is 0 Å². The van der Waals surface area contributed by atoms with E-state index in [1.54, 1.807) is 0 Å². The first kappa shape index (κ1) is 17.2. The van der Waals surface area contributed by atoms with Crippen molar-refractivity contribution >= 4 is 6.09 Å². The van der Waals surface area contributed by atoms with Gasteiger partial charge in [-0.05, 0) is 26.7 Å². The Kier molecular flexibility index (Phi) is 6.76. The van der Waals surface area contributed by atoms with Crippen LogP contribution >= 0.6 is 0 Å². The second-order valence-corrected chi connectivity index (χ2v) is 6.55. The summed E-state index contributed by atoms with van der Waals surface area (Å²) in [7, 11) is 0. The zero-order valence-corrected chi connectivity index (χ0v) is 13.6. The minimum absolute atomic E-state index is 0.118. The Hall–Kier alpha value is -0.810. The number of hydrogen-bond acceptors (Lipinski definition) is 4. The van der Waals surface area contributed by atoms with Crippen molar-refractivity contribution in [2.45, 2.75) is 52.7 Å². The van der Waals surface area contributed by atoms with Crippen LogP contribution in [0.1, 0.15) is 41.0 Å². The first-order valence-corrected chi connectivity index (χ1v) is 7.61. The fourth-order valence-corrected chi connectivity index (χ4v) is 2.17. The molecule has 20 heavy (non-hydrogen) atoms. The van der Waals surface area contributed by atoms with Gasteiger partial charge in [-0.2, -0.15) is 0 Å². The standard InChI is InChI=1S/C15H30N2O3/c1-6-12(2)13(11-17-7-9-19-10-8-17)16-14(18)20-15(3,4)5/h12-13H,6-11H2,1-5H3,(H,16,18)/t12-,13+/m0/s1. The minimum atomic E-state index is -0.455. The van der Waals surface area contributed by atoms with Gasteiger partial charge >= 0.3 is 6.09 Å². The molecule has 0 aromatic carbocycles. The molecule has 1 aliphatic rings. The lowest BCUT2D eigenvalue weighted by atomic mass is 9.98. The van der Waals surface area contributed by atoms with Crippen LogP contribution < -0.4 is 5.32 Å². The summed E-state index contributed by atoms with van der Waals surface area (Å²) in [6.07, 6.45) is 0.709. The highest BCUT2D eigenvalue weighted by Crippen LogP contribution is 2.13. The largest absolute Gasteiger partial charge is 0.444 e. The molecule has 1 aliphatic heterocycles. The number of carbonyl (C=O) groups is 1. The summed E-state index contributed by atoms with van der Waals surface area (Å²) in [5.41, 5.74) is -0.455. The molecule has 5 nitrogen and oxygen atoms in total. The third-order valence-electron chi connectivity index (χ3n) is 3.59. The summed E-state index contributed by atoms with van der Waals surface area (Å²) in [5.74, 6) is 0.422. The Labute approximate surface area is 123 Å². The van der Waals surface area contributed by atoms with Gasteiger partial charge < -0.3 is 14.8 Å². The van der Waals surface area contributed by atoms with Crippen molar-refractivity contribution in [3.05, 3.63) is 0 Å². The van der Waals surface area contributed by atoms with Gasteiger partial charge in [0.2, 0.25) is 0 Å². The van der Waals surface area contributed by atoms with Crippen LogP contribution in [0, 0.1) is 5.92 Å². The third kappa shape index (κ3) is 6.57. The molecule has 1 saturated heterocycles. The van der Waals surface area contributed by atoms with Crippen LogP contribution in [0.4, 0.5) is 4.79 Å². The van der Waals surface area contributed by atoms with Crippen LogP contribution in [0.25, 0.3) is 0 Å². The molecule has 0 bridgehead atoms. The van der Waals surface area contributed by atoms with E-state index < -0.39 is 5.60 Å². The molecule has 0 saturated carbocycles. The maximum absolute atomic E-state index is 12.0. The molecule has 1 heterocycles. The van der Waals surface area contributed by atoms with E-state index in [0.29, 0.717) is 5.92 Å². The van der Waals surface area contributed by atoms with E-state index in [0.717, 1.165) is 39.3 Å². The van der Waals surface area contributed by atoms with Gasteiger partial charge in [0, 0.05) is 25.7 Å². The van der Waals surface area contributed by atoms with E-state index in [-0.39, 0.29) is 12.1 Å². The highest BCUT2D eigenvalue weighted by Gasteiger charge is 2.25. The van der Waals surface area contributed by atoms with Crippen molar-refractivity contribution in [3.8, 4) is 0 Å². The van der Waals surface area contributed by atoms with Gasteiger partial charge in [-0.25, -0.2) is 4.79 Å². The van der Waals surface area contributed by atoms with E-state index >= 15 is 0 Å². The molecule has 1 amide bonds. The first-order chi connectivity index (χ1) is 9.31. The third-order valence-corrected chi connectivity index (χ3v) is 3.59. The van der Waals surface area contributed by atoms with E-state index in [1.165, 1.54) is 0 Å². The predicted molar refractivity (Wildman–Crippen MR) is 79.9 cm³/mol. The van der Waals surface area contributed by atoms with Crippen molar-refractivity contribution in [2.24, 2.45) is 5.92 Å². The van der Waals surface area contributed by atoms with Crippen LogP contribution in [0.15, 0.2) is 0 Å². The molecular weight excluding hydrogens is 256 g/mol. The number of morpholine rings is 1. The summed E-state index contributed by atoms with van der Waals surface area (Å²) < 4.78 is 10.7. The molecule has 2 atom stereocenters. The summed E-state index contributed by atoms with van der Waals surface area (Å²) >= 11 is 0. The number of alkyl carbamates (subject to hydrolysis) is 1. The van der Waals surface area contributed by atoms with Gasteiger partial charge in [-0.3, -0.25) is 4.90 Å². The lowest BCUT2D eigenvalue weighted by Crippen LogP contribution is -2.50. The normalized spacial score (nSPS) is 20.2. The Balaban J connectivity index is 2.52. The maximum Gasteiger partial charge on any atom is 0.407 e. The Morgan fingerprint density at radius 3 is 2.45 bits per heavy atom. The van der Waals surface area contributed by atoms with Crippen molar-refractivity contribution < 1.29 is 14.3 Å². The van der Waals surface area contributed by atoms with Gasteiger partial charge in [0.25, 0.3) is 0 Å². The van der Waals surface area contributed by atoms with Crippen LogP contribution in [-0.4, -0.2) is 55.5 Å². The highest BCUT2D eigenvalue weighted by molar-refractivity contribution is 5.68. The fourth-order valence-electron chi connectivity index (χ4n) is 2.17. The zero-order chi connectivity index (χ0) is 15.2. The van der Waals surface area contributed by atoms with Crippen molar-refractivity contribution in [2.75, 3.05) is 32.8 Å². The zero-order valence-electron chi connectivity index (χ0n) is 13.6. The van der Waals surface area contributed by atoms with Gasteiger partial charge in [0.1, 0.15) is 5.60 Å². The van der Waals surface area contributed by atoms with Gasteiger partial charge in [-0.15, -0.1) is 0 Å². The molecule has 0 unspecified atom stereocenters. The molecule has 0 radical (unpaired) electrons. The van der Waals surface area contributed by atoms with Gasteiger partial charge in [0.15, 0.2) is 0 Å². The average molecular weight is 286 g/mol. The minimum Gasteiger partial charge on any atom is -0.444 e. The number of rotatable bonds is 5. The fraction of sp³-hybridized carbons (Fsp3) is 0.933. The summed E-state index contributed by atoms with van der Waals surface area (Å²) in [4.78, 5) is 14.3. The molecule has 5 heteroatoms. The Morgan fingerprint density at radius 1 is 1.35 bits per heavy atom. The number of nitrogens with zero attached hydrogens (tertiary/aromatic N) is 1. The van der Waals surface area contributed by atoms with E-state index in [1.807, 2.05) is 20.8 Å². The van der Waals surface area contributed by atoms with E-state index in [2.05, 4.69) is 24.1 Å². The second-order valence-electron chi connectivity index (χ2n) is 6.55. The van der Waals surface area contributed by atoms with Crippen molar-refractivity contribution in [1.82, 2.24) is 10.2 Å². The summed E-state index contributed by atoms with van der Waals surface area (Å²) in [6, 6.07) is 0.118. The van der Waals surface area contributed by atoms with E-state index in [4.69, 9.17) is 9.47 Å². The quantitative estimate of drug-likeness (QED) is 0.842. The molecule has 0 spiro atoms. The molecule has 1 fully saturated rings. The molecule has 0 aromatic rings. The first-order valence-electron chi connectivity index (χ1n) is 7.61. The molecule has 1 rings (SSSR count). The lowest BCUT2D eigenvalue weighted by Gasteiger charge is -2.33. The van der Waals surface area contributed by atoms with E-state index in [9.17, 15) is 4.79 Å². The molecule has 1 N–H and O–H groups in total. The SMILES string of the molecule is CC[C@H](C)[C@@H](CN1CCOCC1)NC(=O)OC(C)(C)C. The second kappa shape index (κ2) is 7.84. The maximum atomic E-state index is 12.0. The number of nitrogens with one attached hydrogen (secondary N) is 1. The number of ether oxygens (including phenoxy) is 2. The van der Waals surface area contributed by atoms with Crippen molar-refractivity contribution in [1.29, 1.82) is 0 Å². The number of carbonyl (C=O) groups excluding carboxylic acids is 1. The molecular formula is C15H30N2O3. The molecule has 118 valence electrons. The summed E-state index contributed by atoms with van der Waals surface area (Å²) in [6.45, 7) is 14.2. The number of hydrogen-bond donors (Lipinski definition) is 1. The predicted octanol–water partition coefficient (Wildman–Crippen LogP) is 2.26. The van der Waals surface area contributed by atoms with Crippen LogP contribution in [0.3, 0.4) is 0 Å². The van der Waals surface area contributed by atoms with Gasteiger partial charge in [-0.1, -0.05) is 20.3 Å². The average Bonchev–Trinajstić information content (AvgIpc) is 2.36. The number of amides is 1. The van der Waals surface area contributed by atoms with Crippen LogP contribution in [-0.2, 0) is 9.47 Å². The molecule has 0 aromatic heterocycles. The Morgan fingerprint density at radius 2 is 1.95 bits per heavy atom. The van der Waals surface area contributed by atoms with Crippen LogP contribution in [0.5, 0.6) is 0 Å². The highest BCUT2D eigenvalue weighted by atomic mass is 16.6. The summed E-state index contributed by atoms with van der Waals surface area (Å²) in [5, 5.41) is 3.03. The topological polar surface area (TPSA) is 50.8 Å². The lowest BCUT2D eigenvalue weighted by molar-refractivity contribution is 0.0250. The van der Waals surface area contributed by atoms with Gasteiger partial charge in [0.05, 0.1) is 13.2 Å². The van der Waals surface area contributed by atoms with Crippen molar-refractivity contribution in [3.63, 3.8) is 0 Å². The monoisotopic (exact) mass is 286 g/mol. The Bertz CT molecular complexity index is 296. The smallest absolute Gasteiger partial charge is 0.407 e. The molecule has 0 aliphatic carbocycles.